The summed E-state index contributed by atoms with van der Waals surface area (Å²) in [6, 6.07) is 14.5. The zero-order valence-corrected chi connectivity index (χ0v) is 12.9. The standard InChI is InChI=1S/C16H17NO4S/c1-12(11-13-5-3-2-4-6-13)17-22(20,21)15-9-7-14(8-10-15)16(18)19/h2-10,12,17H,11H2,1H3,(H,18,19). The third-order valence-corrected chi connectivity index (χ3v) is 4.76. The molecule has 1 unspecified atom stereocenters. The molecule has 116 valence electrons. The molecule has 5 nitrogen and oxygen atoms in total. The van der Waals surface area contributed by atoms with Crippen molar-refractivity contribution in [2.24, 2.45) is 0 Å². The molecule has 0 radical (unpaired) electrons. The summed E-state index contributed by atoms with van der Waals surface area (Å²) < 4.78 is 27.1. The van der Waals surface area contributed by atoms with E-state index in [9.17, 15) is 13.2 Å². The van der Waals surface area contributed by atoms with Gasteiger partial charge in [0.05, 0.1) is 10.5 Å². The van der Waals surface area contributed by atoms with Gasteiger partial charge in [0.25, 0.3) is 0 Å². The third kappa shape index (κ3) is 4.16. The van der Waals surface area contributed by atoms with E-state index in [2.05, 4.69) is 4.72 Å². The highest BCUT2D eigenvalue weighted by Crippen LogP contribution is 2.12. The van der Waals surface area contributed by atoms with Gasteiger partial charge in [0.1, 0.15) is 0 Å². The third-order valence-electron chi connectivity index (χ3n) is 3.15. The highest BCUT2D eigenvalue weighted by molar-refractivity contribution is 7.89. The van der Waals surface area contributed by atoms with Crippen LogP contribution in [0.5, 0.6) is 0 Å². The highest BCUT2D eigenvalue weighted by atomic mass is 32.2. The average molecular weight is 319 g/mol. The van der Waals surface area contributed by atoms with Gasteiger partial charge in [0.15, 0.2) is 0 Å². The molecule has 0 spiro atoms. The van der Waals surface area contributed by atoms with E-state index >= 15 is 0 Å². The second-order valence-electron chi connectivity index (χ2n) is 5.04. The number of rotatable bonds is 6. The van der Waals surface area contributed by atoms with Gasteiger partial charge in [-0.1, -0.05) is 30.3 Å². The van der Waals surface area contributed by atoms with E-state index < -0.39 is 16.0 Å². The van der Waals surface area contributed by atoms with Gasteiger partial charge in [0, 0.05) is 6.04 Å². The molecule has 0 aliphatic carbocycles. The summed E-state index contributed by atoms with van der Waals surface area (Å²) in [7, 11) is -3.67. The molecule has 22 heavy (non-hydrogen) atoms. The Morgan fingerprint density at radius 1 is 1.09 bits per heavy atom. The highest BCUT2D eigenvalue weighted by Gasteiger charge is 2.18. The van der Waals surface area contributed by atoms with Crippen LogP contribution in [0.25, 0.3) is 0 Å². The molecule has 0 fully saturated rings. The predicted molar refractivity (Wildman–Crippen MR) is 83.3 cm³/mol. The minimum Gasteiger partial charge on any atom is -0.478 e. The Morgan fingerprint density at radius 2 is 1.68 bits per heavy atom. The Bertz CT molecular complexity index is 739. The molecule has 0 aliphatic heterocycles. The number of aromatic carboxylic acids is 1. The number of carboxylic acid groups (broad SMARTS) is 1. The summed E-state index contributed by atoms with van der Waals surface area (Å²) in [5, 5.41) is 8.82. The monoisotopic (exact) mass is 319 g/mol. The van der Waals surface area contributed by atoms with Crippen molar-refractivity contribution < 1.29 is 18.3 Å². The molecule has 0 aliphatic rings. The van der Waals surface area contributed by atoms with Gasteiger partial charge in [-0.05, 0) is 43.2 Å². The van der Waals surface area contributed by atoms with Crippen LogP contribution in [0.15, 0.2) is 59.5 Å². The number of benzene rings is 2. The van der Waals surface area contributed by atoms with Crippen molar-refractivity contribution in [1.82, 2.24) is 4.72 Å². The maximum atomic E-state index is 12.3. The van der Waals surface area contributed by atoms with E-state index in [0.29, 0.717) is 6.42 Å². The second-order valence-corrected chi connectivity index (χ2v) is 6.76. The topological polar surface area (TPSA) is 83.5 Å². The van der Waals surface area contributed by atoms with Gasteiger partial charge in [-0.3, -0.25) is 0 Å². The molecule has 0 saturated heterocycles. The van der Waals surface area contributed by atoms with E-state index in [1.54, 1.807) is 6.92 Å². The lowest BCUT2D eigenvalue weighted by atomic mass is 10.1. The average Bonchev–Trinajstić information content (AvgIpc) is 2.47. The van der Waals surface area contributed by atoms with Gasteiger partial charge >= 0.3 is 5.97 Å². The Balaban J connectivity index is 2.08. The molecule has 0 heterocycles. The zero-order chi connectivity index (χ0) is 16.2. The number of nitrogens with one attached hydrogen (secondary N) is 1. The number of carbonyl (C=O) groups is 1. The fourth-order valence-electron chi connectivity index (χ4n) is 2.12. The smallest absolute Gasteiger partial charge is 0.335 e. The fourth-order valence-corrected chi connectivity index (χ4v) is 3.36. The largest absolute Gasteiger partial charge is 0.478 e. The van der Waals surface area contributed by atoms with E-state index in [1.807, 2.05) is 30.3 Å². The summed E-state index contributed by atoms with van der Waals surface area (Å²) in [5.74, 6) is -1.09. The van der Waals surface area contributed by atoms with Crippen LogP contribution in [-0.2, 0) is 16.4 Å². The van der Waals surface area contributed by atoms with Crippen molar-refractivity contribution >= 4 is 16.0 Å². The van der Waals surface area contributed by atoms with E-state index in [0.717, 1.165) is 5.56 Å². The Hall–Kier alpha value is -2.18. The van der Waals surface area contributed by atoms with Crippen LogP contribution in [-0.4, -0.2) is 25.5 Å². The van der Waals surface area contributed by atoms with Crippen LogP contribution in [0.4, 0.5) is 0 Å². The molecular weight excluding hydrogens is 302 g/mol. The first-order valence-corrected chi connectivity index (χ1v) is 8.26. The van der Waals surface area contributed by atoms with Crippen molar-refractivity contribution in [3.05, 3.63) is 65.7 Å². The van der Waals surface area contributed by atoms with Gasteiger partial charge in [-0.25, -0.2) is 17.9 Å². The van der Waals surface area contributed by atoms with Crippen LogP contribution in [0.3, 0.4) is 0 Å². The minimum atomic E-state index is -3.67. The van der Waals surface area contributed by atoms with Crippen LogP contribution < -0.4 is 4.72 Å². The Morgan fingerprint density at radius 3 is 2.23 bits per heavy atom. The van der Waals surface area contributed by atoms with Crippen molar-refractivity contribution in [2.45, 2.75) is 24.3 Å². The maximum Gasteiger partial charge on any atom is 0.335 e. The lowest BCUT2D eigenvalue weighted by Crippen LogP contribution is -2.34. The molecule has 1 atom stereocenters. The molecule has 2 aromatic rings. The normalized spacial score (nSPS) is 12.8. The first-order valence-electron chi connectivity index (χ1n) is 6.78. The minimum absolute atomic E-state index is 0.0521. The SMILES string of the molecule is CC(Cc1ccccc1)NS(=O)(=O)c1ccc(C(=O)O)cc1. The van der Waals surface area contributed by atoms with E-state index in [4.69, 9.17) is 5.11 Å². The first kappa shape index (κ1) is 16.2. The van der Waals surface area contributed by atoms with Gasteiger partial charge in [-0.2, -0.15) is 0 Å². The van der Waals surface area contributed by atoms with Crippen LogP contribution in [0.1, 0.15) is 22.8 Å². The molecule has 0 aromatic heterocycles. The number of sulfonamides is 1. The van der Waals surface area contributed by atoms with E-state index in [-0.39, 0.29) is 16.5 Å². The molecule has 2 aromatic carbocycles. The van der Waals surface area contributed by atoms with Crippen LogP contribution in [0.2, 0.25) is 0 Å². The molecule has 2 rings (SSSR count). The molecule has 6 heteroatoms. The molecule has 0 bridgehead atoms. The predicted octanol–water partition coefficient (Wildman–Crippen LogP) is 2.29. The number of hydrogen-bond donors (Lipinski definition) is 2. The van der Waals surface area contributed by atoms with Crippen molar-refractivity contribution in [3.63, 3.8) is 0 Å². The lowest BCUT2D eigenvalue weighted by molar-refractivity contribution is 0.0696. The summed E-state index contributed by atoms with van der Waals surface area (Å²) in [6.07, 6.45) is 0.577. The van der Waals surface area contributed by atoms with Crippen LogP contribution >= 0.6 is 0 Å². The van der Waals surface area contributed by atoms with Crippen LogP contribution in [0, 0.1) is 0 Å². The molecule has 0 amide bonds. The molecule has 2 N–H and O–H groups in total. The van der Waals surface area contributed by atoms with Gasteiger partial charge in [-0.15, -0.1) is 0 Å². The first-order chi connectivity index (χ1) is 10.4. The number of hydrogen-bond acceptors (Lipinski definition) is 3. The number of carboxylic acids is 1. The maximum absolute atomic E-state index is 12.3. The van der Waals surface area contributed by atoms with E-state index in [1.165, 1.54) is 24.3 Å². The molecule has 0 saturated carbocycles. The van der Waals surface area contributed by atoms with Gasteiger partial charge in [0.2, 0.25) is 10.0 Å². The Labute approximate surface area is 129 Å². The summed E-state index contributed by atoms with van der Waals surface area (Å²) in [4.78, 5) is 10.8. The summed E-state index contributed by atoms with van der Waals surface area (Å²) in [6.45, 7) is 1.79. The Kier molecular flexibility index (Phi) is 4.95. The summed E-state index contributed by atoms with van der Waals surface area (Å²) in [5.41, 5.74) is 1.09. The quantitative estimate of drug-likeness (QED) is 0.855. The van der Waals surface area contributed by atoms with Crippen molar-refractivity contribution in [2.75, 3.05) is 0 Å². The summed E-state index contributed by atoms with van der Waals surface area (Å²) >= 11 is 0. The lowest BCUT2D eigenvalue weighted by Gasteiger charge is -2.14. The molecular formula is C16H17NO4S. The van der Waals surface area contributed by atoms with Crippen molar-refractivity contribution in [1.29, 1.82) is 0 Å². The van der Waals surface area contributed by atoms with Gasteiger partial charge < -0.3 is 5.11 Å². The van der Waals surface area contributed by atoms with Crippen molar-refractivity contribution in [3.8, 4) is 0 Å². The zero-order valence-electron chi connectivity index (χ0n) is 12.1. The fraction of sp³-hybridized carbons (Fsp3) is 0.188. The second kappa shape index (κ2) is 6.72.